The number of hydrogen-bond acceptors (Lipinski definition) is 3. The summed E-state index contributed by atoms with van der Waals surface area (Å²) in [6, 6.07) is 16.1. The Hall–Kier alpha value is -2.46. The molecular formula is C18H18N2O2. The summed E-state index contributed by atoms with van der Waals surface area (Å²) in [4.78, 5) is 24.3. The van der Waals surface area contributed by atoms with Crippen molar-refractivity contribution in [3.8, 4) is 0 Å². The quantitative estimate of drug-likeness (QED) is 0.852. The van der Waals surface area contributed by atoms with E-state index in [1.165, 1.54) is 0 Å². The smallest absolute Gasteiger partial charge is 0.241 e. The van der Waals surface area contributed by atoms with Gasteiger partial charge in [0.15, 0.2) is 5.78 Å². The normalized spacial score (nSPS) is 17.2. The molecule has 1 heterocycles. The first-order valence-electron chi connectivity index (χ1n) is 7.48. The Labute approximate surface area is 129 Å². The van der Waals surface area contributed by atoms with E-state index in [0.717, 1.165) is 19.4 Å². The first kappa shape index (κ1) is 14.5. The van der Waals surface area contributed by atoms with Crippen molar-refractivity contribution >= 4 is 17.4 Å². The summed E-state index contributed by atoms with van der Waals surface area (Å²) in [6.07, 6.45) is 1.90. The summed E-state index contributed by atoms with van der Waals surface area (Å²) in [5.74, 6) is -0.0319. The summed E-state index contributed by atoms with van der Waals surface area (Å²) in [5.41, 5.74) is 1.99. The fraction of sp³-hybridized carbons (Fsp3) is 0.222. The fourth-order valence-electron chi connectivity index (χ4n) is 2.60. The number of nitrogens with one attached hydrogen (secondary N) is 2. The second-order valence-electron chi connectivity index (χ2n) is 5.41. The predicted octanol–water partition coefficient (Wildman–Crippen LogP) is 2.61. The molecule has 1 atom stereocenters. The maximum Gasteiger partial charge on any atom is 0.241 e. The molecule has 0 aliphatic carbocycles. The molecule has 1 fully saturated rings. The molecule has 4 heteroatoms. The molecule has 1 unspecified atom stereocenters. The zero-order chi connectivity index (χ0) is 15.4. The number of amides is 1. The van der Waals surface area contributed by atoms with Gasteiger partial charge >= 0.3 is 0 Å². The summed E-state index contributed by atoms with van der Waals surface area (Å²) >= 11 is 0. The highest BCUT2D eigenvalue weighted by Crippen LogP contribution is 2.15. The van der Waals surface area contributed by atoms with Gasteiger partial charge in [0.25, 0.3) is 0 Å². The zero-order valence-electron chi connectivity index (χ0n) is 12.2. The van der Waals surface area contributed by atoms with Crippen LogP contribution < -0.4 is 10.6 Å². The van der Waals surface area contributed by atoms with E-state index in [0.29, 0.717) is 16.8 Å². The van der Waals surface area contributed by atoms with Gasteiger partial charge in [-0.25, -0.2) is 0 Å². The molecule has 1 aliphatic heterocycles. The van der Waals surface area contributed by atoms with Gasteiger partial charge in [-0.05, 0) is 43.7 Å². The summed E-state index contributed by atoms with van der Waals surface area (Å²) < 4.78 is 0. The molecule has 22 heavy (non-hydrogen) atoms. The van der Waals surface area contributed by atoms with E-state index in [-0.39, 0.29) is 17.7 Å². The van der Waals surface area contributed by atoms with Gasteiger partial charge in [0.1, 0.15) is 0 Å². The van der Waals surface area contributed by atoms with Crippen LogP contribution in [0.3, 0.4) is 0 Å². The molecule has 2 N–H and O–H groups in total. The first-order chi connectivity index (χ1) is 10.7. The topological polar surface area (TPSA) is 58.2 Å². The lowest BCUT2D eigenvalue weighted by Crippen LogP contribution is -2.35. The average molecular weight is 294 g/mol. The number of rotatable bonds is 4. The molecule has 0 bridgehead atoms. The maximum atomic E-state index is 12.3. The number of hydrogen-bond donors (Lipinski definition) is 2. The largest absolute Gasteiger partial charge is 0.325 e. The van der Waals surface area contributed by atoms with Crippen molar-refractivity contribution in [1.82, 2.24) is 5.32 Å². The highest BCUT2D eigenvalue weighted by molar-refractivity contribution is 6.09. The van der Waals surface area contributed by atoms with Gasteiger partial charge in [0.05, 0.1) is 6.04 Å². The van der Waals surface area contributed by atoms with Crippen LogP contribution in [0, 0.1) is 0 Å². The maximum absolute atomic E-state index is 12.3. The van der Waals surface area contributed by atoms with Crippen LogP contribution in [0.1, 0.15) is 28.8 Å². The predicted molar refractivity (Wildman–Crippen MR) is 86.0 cm³/mol. The Balaban J connectivity index is 1.67. The molecule has 2 aromatic carbocycles. The van der Waals surface area contributed by atoms with Crippen LogP contribution in [0.5, 0.6) is 0 Å². The Morgan fingerprint density at radius 1 is 0.955 bits per heavy atom. The van der Waals surface area contributed by atoms with Crippen molar-refractivity contribution in [2.24, 2.45) is 0 Å². The van der Waals surface area contributed by atoms with Crippen LogP contribution in [0.15, 0.2) is 54.6 Å². The summed E-state index contributed by atoms with van der Waals surface area (Å²) in [5, 5.41) is 6.04. The monoisotopic (exact) mass is 294 g/mol. The third-order valence-electron chi connectivity index (χ3n) is 3.83. The lowest BCUT2D eigenvalue weighted by atomic mass is 10.0. The van der Waals surface area contributed by atoms with Crippen molar-refractivity contribution in [1.29, 1.82) is 0 Å². The van der Waals surface area contributed by atoms with Gasteiger partial charge in [-0.15, -0.1) is 0 Å². The number of carbonyl (C=O) groups excluding carboxylic acids is 2. The van der Waals surface area contributed by atoms with Gasteiger partial charge in [0.2, 0.25) is 5.91 Å². The fourth-order valence-corrected chi connectivity index (χ4v) is 2.60. The van der Waals surface area contributed by atoms with Gasteiger partial charge in [-0.1, -0.05) is 30.3 Å². The molecule has 112 valence electrons. The van der Waals surface area contributed by atoms with Gasteiger partial charge in [-0.2, -0.15) is 0 Å². The Bertz CT molecular complexity index is 659. The summed E-state index contributed by atoms with van der Waals surface area (Å²) in [6.45, 7) is 0.891. The Morgan fingerprint density at radius 2 is 1.64 bits per heavy atom. The Morgan fingerprint density at radius 3 is 2.27 bits per heavy atom. The van der Waals surface area contributed by atoms with Crippen LogP contribution in [0.25, 0.3) is 0 Å². The van der Waals surface area contributed by atoms with Crippen molar-refractivity contribution < 1.29 is 9.59 Å². The third kappa shape index (κ3) is 3.23. The van der Waals surface area contributed by atoms with Crippen LogP contribution in [-0.4, -0.2) is 24.3 Å². The van der Waals surface area contributed by atoms with E-state index in [1.807, 2.05) is 18.2 Å². The Kier molecular flexibility index (Phi) is 4.30. The highest BCUT2D eigenvalue weighted by Gasteiger charge is 2.21. The van der Waals surface area contributed by atoms with Crippen molar-refractivity contribution in [2.75, 3.05) is 11.9 Å². The minimum Gasteiger partial charge on any atom is -0.325 e. The molecular weight excluding hydrogens is 276 g/mol. The van der Waals surface area contributed by atoms with Crippen LogP contribution in [-0.2, 0) is 4.79 Å². The minimum atomic E-state index is -0.106. The molecule has 1 amide bonds. The summed E-state index contributed by atoms with van der Waals surface area (Å²) in [7, 11) is 0. The van der Waals surface area contributed by atoms with Crippen LogP contribution in [0.4, 0.5) is 5.69 Å². The van der Waals surface area contributed by atoms with Gasteiger partial charge in [-0.3, -0.25) is 9.59 Å². The molecule has 0 aromatic heterocycles. The minimum absolute atomic E-state index is 0.0142. The van der Waals surface area contributed by atoms with Crippen LogP contribution in [0.2, 0.25) is 0 Å². The lowest BCUT2D eigenvalue weighted by Gasteiger charge is -2.11. The number of anilines is 1. The van der Waals surface area contributed by atoms with E-state index in [9.17, 15) is 9.59 Å². The second kappa shape index (κ2) is 6.54. The molecule has 0 spiro atoms. The molecule has 1 aliphatic rings. The first-order valence-corrected chi connectivity index (χ1v) is 7.48. The van der Waals surface area contributed by atoms with E-state index in [4.69, 9.17) is 0 Å². The molecule has 0 saturated carbocycles. The SMILES string of the molecule is O=C(c1ccccc1)c1ccc(NC(=O)C2CCCN2)cc1. The van der Waals surface area contributed by atoms with E-state index < -0.39 is 0 Å². The van der Waals surface area contributed by atoms with Crippen molar-refractivity contribution in [3.05, 3.63) is 65.7 Å². The van der Waals surface area contributed by atoms with Gasteiger partial charge < -0.3 is 10.6 Å². The van der Waals surface area contributed by atoms with E-state index in [2.05, 4.69) is 10.6 Å². The van der Waals surface area contributed by atoms with E-state index >= 15 is 0 Å². The molecule has 4 nitrogen and oxygen atoms in total. The number of ketones is 1. The van der Waals surface area contributed by atoms with Gasteiger partial charge in [0, 0.05) is 16.8 Å². The molecule has 0 radical (unpaired) electrons. The highest BCUT2D eigenvalue weighted by atomic mass is 16.2. The lowest BCUT2D eigenvalue weighted by molar-refractivity contribution is -0.117. The second-order valence-corrected chi connectivity index (χ2v) is 5.41. The average Bonchev–Trinajstić information content (AvgIpc) is 3.10. The zero-order valence-corrected chi connectivity index (χ0v) is 12.2. The van der Waals surface area contributed by atoms with Crippen molar-refractivity contribution in [2.45, 2.75) is 18.9 Å². The standard InChI is InChI=1S/C18H18N2O2/c21-17(13-5-2-1-3-6-13)14-8-10-15(11-9-14)20-18(22)16-7-4-12-19-16/h1-3,5-6,8-11,16,19H,4,7,12H2,(H,20,22). The molecule has 1 saturated heterocycles. The van der Waals surface area contributed by atoms with E-state index in [1.54, 1.807) is 36.4 Å². The van der Waals surface area contributed by atoms with Crippen LogP contribution >= 0.6 is 0 Å². The van der Waals surface area contributed by atoms with Crippen molar-refractivity contribution in [3.63, 3.8) is 0 Å². The molecule has 3 rings (SSSR count). The third-order valence-corrected chi connectivity index (χ3v) is 3.83. The molecule has 2 aromatic rings. The number of benzene rings is 2. The number of carbonyl (C=O) groups is 2.